The minimum atomic E-state index is -0.485. The zero-order valence-electron chi connectivity index (χ0n) is 18.7. The molecule has 0 bridgehead atoms. The fourth-order valence-electron chi connectivity index (χ4n) is 3.96. The van der Waals surface area contributed by atoms with Gasteiger partial charge in [0.1, 0.15) is 5.75 Å². The first-order valence-corrected chi connectivity index (χ1v) is 10.6. The van der Waals surface area contributed by atoms with Crippen molar-refractivity contribution >= 4 is 11.6 Å². The lowest BCUT2D eigenvalue weighted by molar-refractivity contribution is -0.138. The number of anilines is 1. The van der Waals surface area contributed by atoms with Crippen molar-refractivity contribution in [1.82, 2.24) is 4.90 Å². The van der Waals surface area contributed by atoms with E-state index in [0.29, 0.717) is 5.92 Å². The van der Waals surface area contributed by atoms with Crippen LogP contribution in [0.4, 0.5) is 5.69 Å². The maximum Gasteiger partial charge on any atom is 0.263 e. The number of hydrogen-bond donors (Lipinski definition) is 0. The minimum Gasteiger partial charge on any atom is -0.481 e. The van der Waals surface area contributed by atoms with Crippen molar-refractivity contribution in [3.8, 4) is 5.75 Å². The van der Waals surface area contributed by atoms with Crippen LogP contribution in [0.5, 0.6) is 5.75 Å². The van der Waals surface area contributed by atoms with Gasteiger partial charge in [0.25, 0.3) is 5.91 Å². The third-order valence-corrected chi connectivity index (χ3v) is 5.95. The summed E-state index contributed by atoms with van der Waals surface area (Å²) in [6.07, 6.45) is -0.485. The van der Waals surface area contributed by atoms with Crippen LogP contribution >= 0.6 is 0 Å². The lowest BCUT2D eigenvalue weighted by atomic mass is 10.0. The summed E-state index contributed by atoms with van der Waals surface area (Å²) in [4.78, 5) is 17.3. The molecule has 2 aromatic carbocycles. The number of aryl methyl sites for hydroxylation is 2. The molecule has 156 valence electrons. The summed E-state index contributed by atoms with van der Waals surface area (Å²) in [7, 11) is 0. The van der Waals surface area contributed by atoms with Gasteiger partial charge in [-0.05, 0) is 68.0 Å². The normalized spacial score (nSPS) is 15.6. The number of hydrogen-bond acceptors (Lipinski definition) is 3. The van der Waals surface area contributed by atoms with Crippen LogP contribution in [0.2, 0.25) is 0 Å². The number of benzene rings is 2. The van der Waals surface area contributed by atoms with Gasteiger partial charge in [-0.2, -0.15) is 0 Å². The van der Waals surface area contributed by atoms with Crippen molar-refractivity contribution in [2.45, 2.75) is 53.6 Å². The van der Waals surface area contributed by atoms with Gasteiger partial charge in [0, 0.05) is 31.9 Å². The lowest BCUT2D eigenvalue weighted by Gasteiger charge is -2.38. The van der Waals surface area contributed by atoms with Crippen LogP contribution in [0.1, 0.15) is 48.9 Å². The molecule has 1 atom stereocenters. The molecule has 0 spiro atoms. The maximum absolute atomic E-state index is 13.0. The summed E-state index contributed by atoms with van der Waals surface area (Å²) in [6, 6.07) is 12.7. The van der Waals surface area contributed by atoms with Gasteiger partial charge in [-0.3, -0.25) is 4.79 Å². The molecule has 0 radical (unpaired) electrons. The highest BCUT2D eigenvalue weighted by atomic mass is 16.5. The first-order chi connectivity index (χ1) is 13.8. The van der Waals surface area contributed by atoms with Gasteiger partial charge in [0.15, 0.2) is 6.10 Å². The highest BCUT2D eigenvalue weighted by Crippen LogP contribution is 2.29. The predicted octanol–water partition coefficient (Wildman–Crippen LogP) is 4.85. The second kappa shape index (κ2) is 8.89. The van der Waals surface area contributed by atoms with Crippen LogP contribution in [0, 0.1) is 20.8 Å². The van der Waals surface area contributed by atoms with Crippen LogP contribution in [0.3, 0.4) is 0 Å². The smallest absolute Gasteiger partial charge is 0.263 e. The molecule has 1 saturated heterocycles. The molecule has 1 aliphatic heterocycles. The Morgan fingerprint density at radius 2 is 1.66 bits per heavy atom. The Morgan fingerprint density at radius 1 is 0.966 bits per heavy atom. The fraction of sp³-hybridized carbons (Fsp3) is 0.480. The van der Waals surface area contributed by atoms with E-state index in [4.69, 9.17) is 4.74 Å². The zero-order chi connectivity index (χ0) is 21.1. The van der Waals surface area contributed by atoms with Crippen molar-refractivity contribution in [1.29, 1.82) is 0 Å². The summed E-state index contributed by atoms with van der Waals surface area (Å²) in [5.41, 5.74) is 6.20. The van der Waals surface area contributed by atoms with Crippen LogP contribution in [0.15, 0.2) is 36.4 Å². The van der Waals surface area contributed by atoms with E-state index in [2.05, 4.69) is 69.9 Å². The Morgan fingerprint density at radius 3 is 2.31 bits per heavy atom. The van der Waals surface area contributed by atoms with Crippen LogP contribution in [0.25, 0.3) is 0 Å². The molecule has 3 rings (SSSR count). The monoisotopic (exact) mass is 394 g/mol. The second-order valence-corrected chi connectivity index (χ2v) is 8.49. The minimum absolute atomic E-state index is 0.0711. The molecule has 0 N–H and O–H groups in total. The van der Waals surface area contributed by atoms with Crippen molar-refractivity contribution < 1.29 is 9.53 Å². The van der Waals surface area contributed by atoms with Gasteiger partial charge < -0.3 is 14.5 Å². The molecule has 0 saturated carbocycles. The maximum atomic E-state index is 13.0. The number of piperazine rings is 1. The zero-order valence-corrected chi connectivity index (χ0v) is 18.7. The van der Waals surface area contributed by atoms with E-state index in [1.54, 1.807) is 0 Å². The molecule has 4 heteroatoms. The van der Waals surface area contributed by atoms with E-state index in [0.717, 1.165) is 43.1 Å². The molecule has 1 aliphatic rings. The third-order valence-electron chi connectivity index (χ3n) is 5.95. The van der Waals surface area contributed by atoms with Gasteiger partial charge >= 0.3 is 0 Å². The summed E-state index contributed by atoms with van der Waals surface area (Å²) in [6.45, 7) is 15.7. The molecule has 4 nitrogen and oxygen atoms in total. The Bertz CT molecular complexity index is 867. The van der Waals surface area contributed by atoms with E-state index in [-0.39, 0.29) is 5.91 Å². The van der Waals surface area contributed by atoms with Crippen LogP contribution in [-0.4, -0.2) is 43.1 Å². The van der Waals surface area contributed by atoms with Gasteiger partial charge in [0.05, 0.1) is 0 Å². The number of amides is 1. The Labute approximate surface area is 175 Å². The molecule has 1 amide bonds. The number of rotatable bonds is 5. The number of carbonyl (C=O) groups is 1. The summed E-state index contributed by atoms with van der Waals surface area (Å²) >= 11 is 0. The third kappa shape index (κ3) is 4.75. The topological polar surface area (TPSA) is 32.8 Å². The highest BCUT2D eigenvalue weighted by Gasteiger charge is 2.27. The van der Waals surface area contributed by atoms with E-state index in [1.165, 1.54) is 16.8 Å². The van der Waals surface area contributed by atoms with Crippen molar-refractivity contribution in [2.75, 3.05) is 31.1 Å². The Balaban J connectivity index is 1.64. The summed E-state index contributed by atoms with van der Waals surface area (Å²) < 4.78 is 6.14. The predicted molar refractivity (Wildman–Crippen MR) is 120 cm³/mol. The molecule has 0 aromatic heterocycles. The van der Waals surface area contributed by atoms with Gasteiger partial charge in [0.2, 0.25) is 0 Å². The average Bonchev–Trinajstić information content (AvgIpc) is 2.69. The van der Waals surface area contributed by atoms with Crippen LogP contribution in [-0.2, 0) is 4.79 Å². The largest absolute Gasteiger partial charge is 0.481 e. The Kier molecular flexibility index (Phi) is 6.51. The van der Waals surface area contributed by atoms with Crippen molar-refractivity contribution in [2.24, 2.45) is 0 Å². The number of ether oxygens (including phenoxy) is 1. The molecule has 1 heterocycles. The number of nitrogens with zero attached hydrogens (tertiary/aromatic N) is 2. The quantitative estimate of drug-likeness (QED) is 0.727. The average molecular weight is 395 g/mol. The molecule has 1 fully saturated rings. The second-order valence-electron chi connectivity index (χ2n) is 8.49. The lowest BCUT2D eigenvalue weighted by Crippen LogP contribution is -2.52. The highest BCUT2D eigenvalue weighted by molar-refractivity contribution is 5.81. The molecular weight excluding hydrogens is 360 g/mol. The summed E-state index contributed by atoms with van der Waals surface area (Å²) in [5.74, 6) is 1.26. The molecule has 0 aliphatic carbocycles. The SMILES string of the molecule is Cc1ccc(C(C)C)c(OC(C)C(=O)N2CCN(c3cccc(C)c3C)CC2)c1. The fourth-order valence-corrected chi connectivity index (χ4v) is 3.96. The van der Waals surface area contributed by atoms with E-state index >= 15 is 0 Å². The molecule has 2 aromatic rings. The van der Waals surface area contributed by atoms with Crippen LogP contribution < -0.4 is 9.64 Å². The molecule has 1 unspecified atom stereocenters. The Hall–Kier alpha value is -2.49. The molecular formula is C25H34N2O2. The van der Waals surface area contributed by atoms with Crippen molar-refractivity contribution in [3.63, 3.8) is 0 Å². The van der Waals surface area contributed by atoms with E-state index in [9.17, 15) is 4.79 Å². The van der Waals surface area contributed by atoms with Crippen molar-refractivity contribution in [3.05, 3.63) is 58.7 Å². The first-order valence-electron chi connectivity index (χ1n) is 10.6. The van der Waals surface area contributed by atoms with Gasteiger partial charge in [-0.1, -0.05) is 38.1 Å². The number of carbonyl (C=O) groups excluding carboxylic acids is 1. The van der Waals surface area contributed by atoms with E-state index in [1.807, 2.05) is 17.9 Å². The summed E-state index contributed by atoms with van der Waals surface area (Å²) in [5, 5.41) is 0. The molecule has 29 heavy (non-hydrogen) atoms. The first kappa shape index (κ1) is 21.2. The van der Waals surface area contributed by atoms with E-state index < -0.39 is 6.10 Å². The standard InChI is InChI=1S/C25H34N2O2/c1-17(2)22-11-10-18(3)16-24(22)29-21(6)25(28)27-14-12-26(13-15-27)23-9-7-8-19(4)20(23)5/h7-11,16-17,21H,12-15H2,1-6H3. The van der Waals surface area contributed by atoms with Gasteiger partial charge in [-0.25, -0.2) is 0 Å². The van der Waals surface area contributed by atoms with Gasteiger partial charge in [-0.15, -0.1) is 0 Å².